The molecular weight excluding hydrogens is 207 g/mol. The first-order chi connectivity index (χ1) is 6.29. The van der Waals surface area contributed by atoms with Crippen molar-refractivity contribution in [3.63, 3.8) is 0 Å². The number of unbranched alkanes of at least 4 members (excludes halogenated alkanes) is 1. The molecule has 0 fully saturated rings. The van der Waals surface area contributed by atoms with Crippen LogP contribution in [0.4, 0.5) is 22.0 Å². The van der Waals surface area contributed by atoms with Gasteiger partial charge in [-0.05, 0) is 6.42 Å². The molecule has 0 bridgehead atoms. The Hall–Kier alpha value is -0.390. The van der Waals surface area contributed by atoms with Crippen LogP contribution in [-0.2, 0) is 0 Å². The highest BCUT2D eigenvalue weighted by molar-refractivity contribution is 4.90. The van der Waals surface area contributed by atoms with E-state index in [1.54, 1.807) is 6.92 Å². The largest absolute Gasteiger partial charge is 0.390 e. The Morgan fingerprint density at radius 3 is 2.07 bits per heavy atom. The maximum absolute atomic E-state index is 12.7. The van der Waals surface area contributed by atoms with Crippen molar-refractivity contribution in [1.29, 1.82) is 0 Å². The van der Waals surface area contributed by atoms with Crippen LogP contribution in [0.2, 0.25) is 0 Å². The lowest BCUT2D eigenvalue weighted by Gasteiger charge is -2.27. The molecule has 0 radical (unpaired) electrons. The maximum atomic E-state index is 12.7. The van der Waals surface area contributed by atoms with Gasteiger partial charge in [0.2, 0.25) is 0 Å². The molecule has 1 unspecified atom stereocenters. The normalized spacial score (nSPS) is 15.6. The van der Waals surface area contributed by atoms with Gasteiger partial charge >= 0.3 is 11.8 Å². The Kier molecular flexibility index (Phi) is 4.77. The second-order valence-electron chi connectivity index (χ2n) is 3.10. The molecule has 0 aliphatic heterocycles. The third-order valence-electron chi connectivity index (χ3n) is 1.89. The average Bonchev–Trinajstić information content (AvgIpc) is 2.13. The van der Waals surface area contributed by atoms with E-state index in [-0.39, 0.29) is 6.42 Å². The topological polar surface area (TPSA) is 20.2 Å². The van der Waals surface area contributed by atoms with Crippen molar-refractivity contribution >= 4 is 0 Å². The molecule has 86 valence electrons. The summed E-state index contributed by atoms with van der Waals surface area (Å²) < 4.78 is 62.7. The van der Waals surface area contributed by atoms with Gasteiger partial charge in [0.1, 0.15) is 6.61 Å². The summed E-state index contributed by atoms with van der Waals surface area (Å²) in [6.45, 7) is -0.415. The summed E-state index contributed by atoms with van der Waals surface area (Å²) in [5.41, 5.74) is 0. The van der Waals surface area contributed by atoms with Crippen molar-refractivity contribution in [3.05, 3.63) is 0 Å². The molecule has 0 saturated carbocycles. The quantitative estimate of drug-likeness (QED) is 0.682. The molecule has 1 N–H and O–H groups in total. The Balaban J connectivity index is 4.43. The van der Waals surface area contributed by atoms with Gasteiger partial charge in [-0.2, -0.15) is 17.6 Å². The third kappa shape index (κ3) is 2.80. The van der Waals surface area contributed by atoms with Crippen molar-refractivity contribution in [1.82, 2.24) is 0 Å². The van der Waals surface area contributed by atoms with Crippen molar-refractivity contribution in [2.45, 2.75) is 44.2 Å². The first kappa shape index (κ1) is 13.6. The van der Waals surface area contributed by atoms with Gasteiger partial charge in [-0.15, -0.1) is 0 Å². The zero-order valence-electron chi connectivity index (χ0n) is 7.74. The standard InChI is InChI=1S/C8H13F5O/c1-2-3-4-6(9)8(12,13)7(10,11)5-14/h6,14H,2-5H2,1H3. The maximum Gasteiger partial charge on any atom is 0.342 e. The van der Waals surface area contributed by atoms with E-state index in [0.717, 1.165) is 0 Å². The fourth-order valence-electron chi connectivity index (χ4n) is 0.899. The summed E-state index contributed by atoms with van der Waals surface area (Å²) in [6, 6.07) is 0. The lowest BCUT2D eigenvalue weighted by Crippen LogP contribution is -2.50. The van der Waals surface area contributed by atoms with E-state index < -0.39 is 31.0 Å². The van der Waals surface area contributed by atoms with E-state index in [1.807, 2.05) is 0 Å². The van der Waals surface area contributed by atoms with Gasteiger partial charge in [0, 0.05) is 0 Å². The third-order valence-corrected chi connectivity index (χ3v) is 1.89. The predicted molar refractivity (Wildman–Crippen MR) is 41.4 cm³/mol. The van der Waals surface area contributed by atoms with Gasteiger partial charge in [-0.3, -0.25) is 0 Å². The minimum atomic E-state index is -4.79. The monoisotopic (exact) mass is 220 g/mol. The molecule has 1 atom stereocenters. The summed E-state index contributed by atoms with van der Waals surface area (Å²) in [7, 11) is 0. The Bertz CT molecular complexity index is 171. The van der Waals surface area contributed by atoms with Crippen molar-refractivity contribution in [2.24, 2.45) is 0 Å². The minimum absolute atomic E-state index is 0.109. The Morgan fingerprint density at radius 2 is 1.71 bits per heavy atom. The van der Waals surface area contributed by atoms with Crippen LogP contribution >= 0.6 is 0 Å². The number of alkyl halides is 5. The molecule has 0 amide bonds. The molecule has 0 aromatic carbocycles. The first-order valence-electron chi connectivity index (χ1n) is 4.30. The molecule has 0 aliphatic rings. The molecule has 1 nitrogen and oxygen atoms in total. The van der Waals surface area contributed by atoms with E-state index in [4.69, 9.17) is 5.11 Å². The summed E-state index contributed by atoms with van der Waals surface area (Å²) in [4.78, 5) is 0. The van der Waals surface area contributed by atoms with E-state index in [0.29, 0.717) is 6.42 Å². The SMILES string of the molecule is CCCCC(F)C(F)(F)C(F)(F)CO. The van der Waals surface area contributed by atoms with Gasteiger partial charge in [0.15, 0.2) is 6.17 Å². The van der Waals surface area contributed by atoms with E-state index >= 15 is 0 Å². The molecule has 6 heteroatoms. The number of hydrogen-bond donors (Lipinski definition) is 1. The molecular formula is C8H13F5O. The number of aliphatic hydroxyl groups excluding tert-OH is 1. The van der Waals surface area contributed by atoms with Crippen LogP contribution in [0.1, 0.15) is 26.2 Å². The first-order valence-corrected chi connectivity index (χ1v) is 4.30. The predicted octanol–water partition coefficient (Wildman–Crippen LogP) is 2.78. The van der Waals surface area contributed by atoms with Crippen molar-refractivity contribution < 1.29 is 27.1 Å². The summed E-state index contributed by atoms with van der Waals surface area (Å²) in [5.74, 6) is -9.49. The zero-order chi connectivity index (χ0) is 11.4. The van der Waals surface area contributed by atoms with Gasteiger partial charge in [0.25, 0.3) is 0 Å². The van der Waals surface area contributed by atoms with Crippen LogP contribution < -0.4 is 0 Å². The van der Waals surface area contributed by atoms with E-state index in [9.17, 15) is 22.0 Å². The lowest BCUT2D eigenvalue weighted by molar-refractivity contribution is -0.252. The molecule has 0 aromatic rings. The summed E-state index contributed by atoms with van der Waals surface area (Å²) in [6.07, 6.45) is -2.98. The summed E-state index contributed by atoms with van der Waals surface area (Å²) >= 11 is 0. The molecule has 0 spiro atoms. The molecule has 0 rings (SSSR count). The van der Waals surface area contributed by atoms with Crippen molar-refractivity contribution in [3.8, 4) is 0 Å². The highest BCUT2D eigenvalue weighted by atomic mass is 19.3. The molecule has 0 saturated heterocycles. The van der Waals surface area contributed by atoms with Crippen LogP contribution in [-0.4, -0.2) is 29.7 Å². The fourth-order valence-corrected chi connectivity index (χ4v) is 0.899. The minimum Gasteiger partial charge on any atom is -0.390 e. The van der Waals surface area contributed by atoms with Gasteiger partial charge in [-0.1, -0.05) is 19.8 Å². The number of rotatable bonds is 6. The Morgan fingerprint density at radius 1 is 1.21 bits per heavy atom. The highest BCUT2D eigenvalue weighted by Gasteiger charge is 2.60. The molecule has 0 aromatic heterocycles. The smallest absolute Gasteiger partial charge is 0.342 e. The van der Waals surface area contributed by atoms with E-state index in [2.05, 4.69) is 0 Å². The van der Waals surface area contributed by atoms with Crippen LogP contribution in [0.5, 0.6) is 0 Å². The van der Waals surface area contributed by atoms with Crippen LogP contribution in [0.3, 0.4) is 0 Å². The number of hydrogen-bond acceptors (Lipinski definition) is 1. The van der Waals surface area contributed by atoms with Gasteiger partial charge < -0.3 is 5.11 Å². The van der Waals surface area contributed by atoms with Crippen LogP contribution in [0, 0.1) is 0 Å². The lowest BCUT2D eigenvalue weighted by atomic mass is 10.0. The van der Waals surface area contributed by atoms with Gasteiger partial charge in [-0.25, -0.2) is 4.39 Å². The van der Waals surface area contributed by atoms with Crippen molar-refractivity contribution in [2.75, 3.05) is 6.61 Å². The second kappa shape index (κ2) is 4.91. The highest BCUT2D eigenvalue weighted by Crippen LogP contribution is 2.39. The van der Waals surface area contributed by atoms with Crippen LogP contribution in [0.25, 0.3) is 0 Å². The van der Waals surface area contributed by atoms with E-state index in [1.165, 1.54) is 0 Å². The molecule has 0 aliphatic carbocycles. The Labute approximate surface area is 78.9 Å². The number of aliphatic hydroxyl groups is 1. The number of halogens is 5. The summed E-state index contributed by atoms with van der Waals surface area (Å²) in [5, 5.41) is 8.01. The molecule has 14 heavy (non-hydrogen) atoms. The molecule has 0 heterocycles. The van der Waals surface area contributed by atoms with Gasteiger partial charge in [0.05, 0.1) is 0 Å². The fraction of sp³-hybridized carbons (Fsp3) is 1.00. The second-order valence-corrected chi connectivity index (χ2v) is 3.10. The zero-order valence-corrected chi connectivity index (χ0v) is 7.74. The average molecular weight is 220 g/mol. The van der Waals surface area contributed by atoms with Crippen LogP contribution in [0.15, 0.2) is 0 Å².